The number of halogens is 6. The van der Waals surface area contributed by atoms with Crippen LogP contribution in [-0.4, -0.2) is 40.7 Å². The number of nitrogens with zero attached hydrogens (tertiary/aromatic N) is 2. The second kappa shape index (κ2) is 10.6. The number of carbonyl (C=O) groups is 1. The largest absolute Gasteiger partial charge is 0.487 e. The highest BCUT2D eigenvalue weighted by Gasteiger charge is 2.47. The summed E-state index contributed by atoms with van der Waals surface area (Å²) in [4.78, 5) is 16.7. The lowest BCUT2D eigenvalue weighted by molar-refractivity contribution is -0.188. The van der Waals surface area contributed by atoms with Crippen LogP contribution in [0.2, 0.25) is 10.0 Å². The van der Waals surface area contributed by atoms with Crippen LogP contribution in [0.4, 0.5) is 23.4 Å². The van der Waals surface area contributed by atoms with Gasteiger partial charge in [0, 0.05) is 48.3 Å². The first-order valence-corrected chi connectivity index (χ1v) is 13.4. The Bertz CT molecular complexity index is 1460. The topological polar surface area (TPSA) is 77.7 Å². The lowest BCUT2D eigenvalue weighted by Gasteiger charge is -2.44. The monoisotopic (exact) mass is 597 g/mol. The third-order valence-corrected chi connectivity index (χ3v) is 8.16. The normalized spacial score (nSPS) is 17.2. The van der Waals surface area contributed by atoms with Crippen molar-refractivity contribution in [3.63, 3.8) is 0 Å². The van der Waals surface area contributed by atoms with Crippen LogP contribution in [-0.2, 0) is 11.2 Å². The molecule has 12 heteroatoms. The average molecular weight is 598 g/mol. The summed E-state index contributed by atoms with van der Waals surface area (Å²) < 4.78 is 64.8. The maximum Gasteiger partial charge on any atom is 0.471 e. The molecule has 0 radical (unpaired) electrons. The minimum Gasteiger partial charge on any atom is -0.487 e. The number of aryl methyl sites for hydroxylation is 1. The third-order valence-electron chi connectivity index (χ3n) is 7.45. The van der Waals surface area contributed by atoms with Crippen LogP contribution in [0.15, 0.2) is 42.6 Å². The summed E-state index contributed by atoms with van der Waals surface area (Å²) >= 11 is 12.4. The second-order valence-corrected chi connectivity index (χ2v) is 10.8. The molecule has 2 aromatic carbocycles. The molecule has 2 N–H and O–H groups in total. The molecule has 0 unspecified atom stereocenters. The Morgan fingerprint density at radius 3 is 2.55 bits per heavy atom. The van der Waals surface area contributed by atoms with Gasteiger partial charge in [-0.05, 0) is 61.2 Å². The number of hydrogen-bond donors (Lipinski definition) is 1. The molecule has 2 aliphatic rings. The molecule has 0 saturated carbocycles. The number of hydrogen-bond acceptors (Lipinski definition) is 5. The molecule has 1 fully saturated rings. The van der Waals surface area contributed by atoms with E-state index in [1.54, 1.807) is 19.2 Å². The lowest BCUT2D eigenvalue weighted by atomic mass is 9.82. The van der Waals surface area contributed by atoms with Gasteiger partial charge in [0.2, 0.25) is 0 Å². The summed E-state index contributed by atoms with van der Waals surface area (Å²) in [5.74, 6) is -1.35. The van der Waals surface area contributed by atoms with Gasteiger partial charge in [0.1, 0.15) is 23.3 Å². The van der Waals surface area contributed by atoms with Gasteiger partial charge < -0.3 is 20.1 Å². The molecule has 1 atom stereocenters. The smallest absolute Gasteiger partial charge is 0.471 e. The molecule has 6 nitrogen and oxygen atoms in total. The number of pyridine rings is 1. The Morgan fingerprint density at radius 2 is 1.85 bits per heavy atom. The molecule has 3 aromatic rings. The predicted molar refractivity (Wildman–Crippen MR) is 143 cm³/mol. The zero-order valence-corrected chi connectivity index (χ0v) is 22.8. The standard InChI is InChI=1S/C28H25Cl2F4N3O3/c1-15(23-19(29)3-4-20(31)24(23)30)39-22-13-18(14-36-25(22)35)16-2-5-21-17(12-16)6-7-27(40-21)8-10-37(11-9-27)26(38)28(32,33)34/h2-5,12-15H,6-11H2,1H3,(H2,35,36)/t15-/m1/s1. The van der Waals surface area contributed by atoms with Crippen LogP contribution in [0.5, 0.6) is 11.5 Å². The number of benzene rings is 2. The lowest BCUT2D eigenvalue weighted by Crippen LogP contribution is -2.53. The van der Waals surface area contributed by atoms with E-state index in [0.717, 1.165) is 21.6 Å². The number of carbonyl (C=O) groups excluding carboxylic acids is 1. The predicted octanol–water partition coefficient (Wildman–Crippen LogP) is 7.17. The quantitative estimate of drug-likeness (QED) is 0.255. The van der Waals surface area contributed by atoms with Crippen LogP contribution in [0.1, 0.15) is 43.4 Å². The van der Waals surface area contributed by atoms with Crippen molar-refractivity contribution in [1.29, 1.82) is 0 Å². The molecule has 3 heterocycles. The van der Waals surface area contributed by atoms with Gasteiger partial charge >= 0.3 is 12.1 Å². The minimum absolute atomic E-state index is 0.00386. The Hall–Kier alpha value is -3.24. The van der Waals surface area contributed by atoms with E-state index in [2.05, 4.69) is 4.98 Å². The molecular formula is C28H25Cl2F4N3O3. The maximum atomic E-state index is 14.0. The van der Waals surface area contributed by atoms with Crippen LogP contribution in [0.3, 0.4) is 0 Å². The summed E-state index contributed by atoms with van der Waals surface area (Å²) in [5, 5.41) is 0.124. The molecule has 0 aliphatic carbocycles. The van der Waals surface area contributed by atoms with Crippen molar-refractivity contribution in [2.45, 2.75) is 50.5 Å². The Morgan fingerprint density at radius 1 is 1.12 bits per heavy atom. The van der Waals surface area contributed by atoms with E-state index < -0.39 is 29.6 Å². The van der Waals surface area contributed by atoms with E-state index in [4.69, 9.17) is 38.4 Å². The highest BCUT2D eigenvalue weighted by molar-refractivity contribution is 6.36. The van der Waals surface area contributed by atoms with Crippen LogP contribution < -0.4 is 15.2 Å². The third kappa shape index (κ3) is 5.51. The summed E-state index contributed by atoms with van der Waals surface area (Å²) in [7, 11) is 0. The van der Waals surface area contributed by atoms with E-state index in [0.29, 0.717) is 37.0 Å². The summed E-state index contributed by atoms with van der Waals surface area (Å²) in [6.45, 7) is 1.67. The van der Waals surface area contributed by atoms with Crippen molar-refractivity contribution >= 4 is 34.9 Å². The first kappa shape index (κ1) is 28.3. The number of likely N-dealkylation sites (tertiary alicyclic amines) is 1. The van der Waals surface area contributed by atoms with Gasteiger partial charge in [-0.1, -0.05) is 29.3 Å². The summed E-state index contributed by atoms with van der Waals surface area (Å²) in [5.41, 5.74) is 8.25. The number of rotatable bonds is 4. The number of fused-ring (bicyclic) bond motifs is 1. The van der Waals surface area contributed by atoms with Gasteiger partial charge in [0.25, 0.3) is 0 Å². The fourth-order valence-electron chi connectivity index (χ4n) is 5.22. The van der Waals surface area contributed by atoms with Crippen molar-refractivity contribution in [1.82, 2.24) is 9.88 Å². The Kier molecular flexibility index (Phi) is 7.52. The van der Waals surface area contributed by atoms with Gasteiger partial charge in [-0.25, -0.2) is 9.37 Å². The molecule has 0 bridgehead atoms. The first-order valence-electron chi connectivity index (χ1n) is 12.6. The number of piperidine rings is 1. The number of amides is 1. The van der Waals surface area contributed by atoms with E-state index in [1.807, 2.05) is 18.2 Å². The molecule has 1 spiro atoms. The van der Waals surface area contributed by atoms with Gasteiger partial charge in [0.05, 0.1) is 5.02 Å². The zero-order valence-electron chi connectivity index (χ0n) is 21.3. The summed E-state index contributed by atoms with van der Waals surface area (Å²) in [6.07, 6.45) is -2.04. The zero-order chi connectivity index (χ0) is 28.8. The van der Waals surface area contributed by atoms with Gasteiger partial charge in [-0.3, -0.25) is 4.79 Å². The van der Waals surface area contributed by atoms with Crippen molar-refractivity contribution < 1.29 is 31.8 Å². The fraction of sp³-hybridized carbons (Fsp3) is 0.357. The Labute approximate surface area is 238 Å². The molecule has 5 rings (SSSR count). The average Bonchev–Trinajstić information content (AvgIpc) is 2.91. The molecule has 1 saturated heterocycles. The number of ether oxygens (including phenoxy) is 2. The van der Waals surface area contributed by atoms with Crippen LogP contribution in [0.25, 0.3) is 11.1 Å². The number of aromatic nitrogens is 1. The second-order valence-electron chi connectivity index (χ2n) is 10.0. The fourth-order valence-corrected chi connectivity index (χ4v) is 5.90. The SMILES string of the molecule is C[C@@H](Oc1cc(-c2ccc3c(c2)CCC2(CCN(C(=O)C(F)(F)F)CC2)O3)cnc1N)c1c(Cl)ccc(F)c1Cl. The van der Waals surface area contributed by atoms with E-state index in [-0.39, 0.29) is 34.7 Å². The van der Waals surface area contributed by atoms with Crippen LogP contribution in [0, 0.1) is 5.82 Å². The first-order chi connectivity index (χ1) is 18.9. The van der Waals surface area contributed by atoms with Crippen molar-refractivity contribution in [2.75, 3.05) is 18.8 Å². The van der Waals surface area contributed by atoms with Gasteiger partial charge in [-0.2, -0.15) is 13.2 Å². The number of anilines is 1. The van der Waals surface area contributed by atoms with Crippen molar-refractivity contribution in [2.24, 2.45) is 0 Å². The summed E-state index contributed by atoms with van der Waals surface area (Å²) in [6, 6.07) is 9.94. The minimum atomic E-state index is -4.87. The Balaban J connectivity index is 1.32. The maximum absolute atomic E-state index is 14.0. The number of alkyl halides is 3. The van der Waals surface area contributed by atoms with Crippen LogP contribution >= 0.6 is 23.2 Å². The van der Waals surface area contributed by atoms with Crippen molar-refractivity contribution in [3.05, 3.63) is 69.6 Å². The molecule has 1 amide bonds. The van der Waals surface area contributed by atoms with E-state index in [9.17, 15) is 22.4 Å². The highest BCUT2D eigenvalue weighted by Crippen LogP contribution is 2.42. The molecule has 212 valence electrons. The molecular weight excluding hydrogens is 573 g/mol. The van der Waals surface area contributed by atoms with E-state index in [1.165, 1.54) is 12.1 Å². The highest BCUT2D eigenvalue weighted by atomic mass is 35.5. The molecule has 1 aromatic heterocycles. The van der Waals surface area contributed by atoms with Gasteiger partial charge in [-0.15, -0.1) is 0 Å². The molecule has 2 aliphatic heterocycles. The van der Waals surface area contributed by atoms with E-state index >= 15 is 0 Å². The number of nitrogen functional groups attached to an aromatic ring is 1. The van der Waals surface area contributed by atoms with Crippen molar-refractivity contribution in [3.8, 4) is 22.6 Å². The van der Waals surface area contributed by atoms with Gasteiger partial charge in [0.15, 0.2) is 11.6 Å². The molecule has 40 heavy (non-hydrogen) atoms. The number of nitrogens with two attached hydrogens (primary N) is 1.